The van der Waals surface area contributed by atoms with Crippen molar-refractivity contribution >= 4 is 16.9 Å². The number of nitrogen functional groups attached to an aromatic ring is 1. The molecule has 1 spiro atoms. The minimum Gasteiger partial charge on any atom is -0.396 e. The van der Waals surface area contributed by atoms with E-state index >= 15 is 0 Å². The SMILES string of the molecule is Nn1c(=O)c2cc(F)c(N3CC(CO)C4(CC4)C3)nc2n(C2CC2)c1=O. The molecule has 138 valence electrons. The van der Waals surface area contributed by atoms with E-state index in [4.69, 9.17) is 5.84 Å². The maximum Gasteiger partial charge on any atom is 0.351 e. The van der Waals surface area contributed by atoms with Gasteiger partial charge in [-0.05, 0) is 37.2 Å². The van der Waals surface area contributed by atoms with Gasteiger partial charge in [0, 0.05) is 31.7 Å². The van der Waals surface area contributed by atoms with Gasteiger partial charge in [-0.3, -0.25) is 9.36 Å². The van der Waals surface area contributed by atoms with E-state index in [1.807, 2.05) is 4.90 Å². The van der Waals surface area contributed by atoms with Gasteiger partial charge in [0.1, 0.15) is 0 Å². The van der Waals surface area contributed by atoms with Crippen molar-refractivity contribution < 1.29 is 9.50 Å². The van der Waals surface area contributed by atoms with E-state index in [1.54, 1.807) is 0 Å². The molecule has 5 rings (SSSR count). The van der Waals surface area contributed by atoms with E-state index < -0.39 is 17.1 Å². The van der Waals surface area contributed by atoms with Crippen molar-refractivity contribution in [2.45, 2.75) is 31.7 Å². The lowest BCUT2D eigenvalue weighted by atomic mass is 9.94. The van der Waals surface area contributed by atoms with Gasteiger partial charge in [-0.2, -0.15) is 4.68 Å². The van der Waals surface area contributed by atoms with Crippen molar-refractivity contribution in [3.05, 3.63) is 32.7 Å². The Kier molecular flexibility index (Phi) is 3.08. The maximum atomic E-state index is 14.8. The Hall–Kier alpha value is -2.42. The molecule has 0 amide bonds. The van der Waals surface area contributed by atoms with Gasteiger partial charge >= 0.3 is 5.69 Å². The molecule has 2 aromatic heterocycles. The zero-order valence-electron chi connectivity index (χ0n) is 14.2. The second-order valence-electron chi connectivity index (χ2n) is 7.85. The van der Waals surface area contributed by atoms with Crippen LogP contribution in [0.15, 0.2) is 15.7 Å². The molecule has 0 aromatic carbocycles. The van der Waals surface area contributed by atoms with Gasteiger partial charge in [-0.25, -0.2) is 14.2 Å². The smallest absolute Gasteiger partial charge is 0.351 e. The van der Waals surface area contributed by atoms with Crippen molar-refractivity contribution in [3.8, 4) is 0 Å². The van der Waals surface area contributed by atoms with Crippen LogP contribution in [0.4, 0.5) is 10.2 Å². The first-order valence-corrected chi connectivity index (χ1v) is 8.94. The predicted molar refractivity (Wildman–Crippen MR) is 93.1 cm³/mol. The Morgan fingerprint density at radius 3 is 2.65 bits per heavy atom. The monoisotopic (exact) mass is 361 g/mol. The largest absolute Gasteiger partial charge is 0.396 e. The predicted octanol–water partition coefficient (Wildman–Crippen LogP) is -0.0453. The minimum atomic E-state index is -0.742. The highest BCUT2D eigenvalue weighted by Gasteiger charge is 2.55. The molecule has 1 saturated heterocycles. The third-order valence-corrected chi connectivity index (χ3v) is 6.16. The summed E-state index contributed by atoms with van der Waals surface area (Å²) in [6.45, 7) is 1.22. The van der Waals surface area contributed by atoms with Crippen LogP contribution in [0.25, 0.3) is 11.0 Å². The lowest BCUT2D eigenvalue weighted by Crippen LogP contribution is -2.45. The molecule has 26 heavy (non-hydrogen) atoms. The summed E-state index contributed by atoms with van der Waals surface area (Å²) in [5.74, 6) is 5.22. The fourth-order valence-electron chi connectivity index (χ4n) is 4.29. The second-order valence-corrected chi connectivity index (χ2v) is 7.85. The zero-order chi connectivity index (χ0) is 18.2. The second kappa shape index (κ2) is 5.06. The molecule has 9 heteroatoms. The van der Waals surface area contributed by atoms with Gasteiger partial charge in [0.25, 0.3) is 5.56 Å². The van der Waals surface area contributed by atoms with Crippen LogP contribution in [-0.4, -0.2) is 39.0 Å². The number of fused-ring (bicyclic) bond motifs is 1. The maximum absolute atomic E-state index is 14.8. The normalized spacial score (nSPS) is 23.9. The van der Waals surface area contributed by atoms with Crippen LogP contribution in [0.1, 0.15) is 31.7 Å². The van der Waals surface area contributed by atoms with Gasteiger partial charge in [-0.1, -0.05) is 0 Å². The Labute approximate surface area is 147 Å². The molecule has 8 nitrogen and oxygen atoms in total. The number of nitrogens with zero attached hydrogens (tertiary/aromatic N) is 4. The number of aliphatic hydroxyl groups is 1. The first-order valence-electron chi connectivity index (χ1n) is 8.94. The highest BCUT2D eigenvalue weighted by Crippen LogP contribution is 2.56. The lowest BCUT2D eigenvalue weighted by molar-refractivity contribution is 0.197. The van der Waals surface area contributed by atoms with Crippen LogP contribution in [0.2, 0.25) is 0 Å². The Morgan fingerprint density at radius 2 is 2.08 bits per heavy atom. The minimum absolute atomic E-state index is 0.0132. The molecule has 1 atom stereocenters. The average molecular weight is 361 g/mol. The van der Waals surface area contributed by atoms with Crippen molar-refractivity contribution in [2.24, 2.45) is 11.3 Å². The summed E-state index contributed by atoms with van der Waals surface area (Å²) in [5.41, 5.74) is -1.12. The van der Waals surface area contributed by atoms with Crippen molar-refractivity contribution in [2.75, 3.05) is 30.4 Å². The molecular weight excluding hydrogens is 341 g/mol. The summed E-state index contributed by atoms with van der Waals surface area (Å²) >= 11 is 0. The van der Waals surface area contributed by atoms with E-state index in [0.29, 0.717) is 17.8 Å². The molecule has 2 aromatic rings. The van der Waals surface area contributed by atoms with E-state index in [0.717, 1.165) is 31.7 Å². The topological polar surface area (TPSA) is 106 Å². The highest BCUT2D eigenvalue weighted by atomic mass is 19.1. The quantitative estimate of drug-likeness (QED) is 0.743. The number of halogens is 1. The molecule has 3 fully saturated rings. The van der Waals surface area contributed by atoms with Crippen molar-refractivity contribution in [3.63, 3.8) is 0 Å². The molecule has 2 aliphatic carbocycles. The van der Waals surface area contributed by atoms with Gasteiger partial charge in [0.05, 0.1) is 5.39 Å². The molecule has 3 aliphatic rings. The summed E-state index contributed by atoms with van der Waals surface area (Å²) < 4.78 is 16.7. The third kappa shape index (κ3) is 2.06. The average Bonchev–Trinajstić information content (AvgIpc) is 3.53. The lowest BCUT2D eigenvalue weighted by Gasteiger charge is -2.19. The van der Waals surface area contributed by atoms with Crippen LogP contribution < -0.4 is 22.0 Å². The van der Waals surface area contributed by atoms with Gasteiger partial charge in [0.15, 0.2) is 17.3 Å². The molecule has 2 saturated carbocycles. The fourth-order valence-corrected chi connectivity index (χ4v) is 4.29. The molecule has 0 bridgehead atoms. The molecule has 3 N–H and O–H groups in total. The number of rotatable bonds is 3. The molecule has 0 radical (unpaired) electrons. The number of pyridine rings is 1. The Balaban J connectivity index is 1.69. The summed E-state index contributed by atoms with van der Waals surface area (Å²) in [5, 5.41) is 9.64. The number of aliphatic hydroxyl groups excluding tert-OH is 1. The van der Waals surface area contributed by atoms with Crippen LogP contribution >= 0.6 is 0 Å². The Morgan fingerprint density at radius 1 is 1.35 bits per heavy atom. The molecular formula is C17H20FN5O3. The zero-order valence-corrected chi connectivity index (χ0v) is 14.2. The summed E-state index contributed by atoms with van der Waals surface area (Å²) in [4.78, 5) is 31.0. The van der Waals surface area contributed by atoms with Gasteiger partial charge < -0.3 is 15.8 Å². The Bertz CT molecular complexity index is 1040. The van der Waals surface area contributed by atoms with E-state index in [9.17, 15) is 19.1 Å². The van der Waals surface area contributed by atoms with Crippen molar-refractivity contribution in [1.29, 1.82) is 0 Å². The van der Waals surface area contributed by atoms with E-state index in [2.05, 4.69) is 4.98 Å². The summed E-state index contributed by atoms with van der Waals surface area (Å²) in [7, 11) is 0. The number of nitrogens with two attached hydrogens (primary N) is 1. The number of anilines is 1. The van der Waals surface area contributed by atoms with Crippen LogP contribution in [-0.2, 0) is 0 Å². The summed E-state index contributed by atoms with van der Waals surface area (Å²) in [6.07, 6.45) is 3.66. The molecule has 1 unspecified atom stereocenters. The van der Waals surface area contributed by atoms with Crippen LogP contribution in [0, 0.1) is 17.2 Å². The highest BCUT2D eigenvalue weighted by molar-refractivity contribution is 5.77. The molecule has 3 heterocycles. The standard InChI is InChI=1S/C17H20FN5O3/c18-12-5-11-13(22(10-1-2-10)16(26)23(19)15(11)25)20-14(12)21-6-9(7-24)17(8-21)3-4-17/h5,9-10,24H,1-4,6-8,19H2. The first kappa shape index (κ1) is 15.8. The number of hydrogen-bond donors (Lipinski definition) is 2. The van der Waals surface area contributed by atoms with Gasteiger partial charge in [-0.15, -0.1) is 0 Å². The van der Waals surface area contributed by atoms with E-state index in [1.165, 1.54) is 4.57 Å². The molecule has 1 aliphatic heterocycles. The third-order valence-electron chi connectivity index (χ3n) is 6.16. The van der Waals surface area contributed by atoms with Gasteiger partial charge in [0.2, 0.25) is 0 Å². The summed E-state index contributed by atoms with van der Waals surface area (Å²) in [6, 6.07) is 1.08. The number of hydrogen-bond acceptors (Lipinski definition) is 6. The first-order chi connectivity index (χ1) is 12.4. The van der Waals surface area contributed by atoms with E-state index in [-0.39, 0.29) is 40.8 Å². The fraction of sp³-hybridized carbons (Fsp3) is 0.588. The number of aromatic nitrogens is 3. The van der Waals surface area contributed by atoms with Crippen LogP contribution in [0.3, 0.4) is 0 Å². The van der Waals surface area contributed by atoms with Crippen LogP contribution in [0.5, 0.6) is 0 Å². The van der Waals surface area contributed by atoms with Crippen molar-refractivity contribution in [1.82, 2.24) is 14.2 Å².